The van der Waals surface area contributed by atoms with E-state index < -0.39 is 7.92 Å². The third kappa shape index (κ3) is 6.88. The summed E-state index contributed by atoms with van der Waals surface area (Å²) in [6.45, 7) is 6.50. The van der Waals surface area contributed by atoms with Gasteiger partial charge in [-0.3, -0.25) is 0 Å². The van der Waals surface area contributed by atoms with E-state index in [9.17, 15) is 0 Å². The van der Waals surface area contributed by atoms with Crippen LogP contribution < -0.4 is 15.9 Å². The van der Waals surface area contributed by atoms with Crippen LogP contribution in [0.4, 0.5) is 0 Å². The van der Waals surface area contributed by atoms with E-state index in [0.717, 1.165) is 0 Å². The molecule has 0 aliphatic rings. The summed E-state index contributed by atoms with van der Waals surface area (Å²) in [5.41, 5.74) is 0. The van der Waals surface area contributed by atoms with Crippen LogP contribution in [0.25, 0.3) is 0 Å². The summed E-state index contributed by atoms with van der Waals surface area (Å²) in [5, 5.41) is 4.19. The van der Waals surface area contributed by atoms with Crippen molar-refractivity contribution in [1.82, 2.24) is 0 Å². The summed E-state index contributed by atoms with van der Waals surface area (Å²) in [7, 11) is 4.04. The summed E-state index contributed by atoms with van der Waals surface area (Å²) in [6, 6.07) is 32.3. The average molecular weight is 445 g/mol. The zero-order chi connectivity index (χ0) is 17.6. The monoisotopic (exact) mass is 444 g/mol. The van der Waals surface area contributed by atoms with Gasteiger partial charge in [0.15, 0.2) is 0 Å². The molecule has 0 aliphatic heterocycles. The predicted octanol–water partition coefficient (Wildman–Crippen LogP) is 4.99. The van der Waals surface area contributed by atoms with Gasteiger partial charge in [0.1, 0.15) is 0 Å². The quantitative estimate of drug-likeness (QED) is 0.394. The van der Waals surface area contributed by atoms with Gasteiger partial charge in [-0.1, -0.05) is 91.0 Å². The molecule has 3 rings (SSSR count). The van der Waals surface area contributed by atoms with Crippen LogP contribution in [-0.2, 0) is 18.2 Å². The smallest absolute Gasteiger partial charge is 0.0134 e. The molecular formula is C21H20ClPPd+. The minimum absolute atomic E-state index is 0.446. The molecule has 3 radical (unpaired) electrons. The molecule has 0 aromatic heterocycles. The third-order valence-electron chi connectivity index (χ3n) is 3.04. The van der Waals surface area contributed by atoms with E-state index in [2.05, 4.69) is 133 Å². The topological polar surface area (TPSA) is 0 Å². The molecule has 0 fully saturated rings. The molecule has 0 nitrogen and oxygen atoms in total. The van der Waals surface area contributed by atoms with Crippen molar-refractivity contribution in [2.45, 2.75) is 0 Å². The third-order valence-corrected chi connectivity index (χ3v) is 5.49. The number of benzene rings is 3. The van der Waals surface area contributed by atoms with E-state index in [0.29, 0.717) is 0 Å². The average Bonchev–Trinajstić information content (AvgIpc) is 2.67. The van der Waals surface area contributed by atoms with E-state index in [-0.39, 0.29) is 0 Å². The molecule has 0 unspecified atom stereocenters. The van der Waals surface area contributed by atoms with Gasteiger partial charge in [-0.15, -0.1) is 0 Å². The van der Waals surface area contributed by atoms with Crippen molar-refractivity contribution in [3.63, 3.8) is 0 Å². The molecule has 3 heteroatoms. The Bertz CT molecular complexity index is 551. The predicted molar refractivity (Wildman–Crippen MR) is 106 cm³/mol. The van der Waals surface area contributed by atoms with Gasteiger partial charge < -0.3 is 0 Å². The fourth-order valence-corrected chi connectivity index (χ4v) is 4.48. The summed E-state index contributed by atoms with van der Waals surface area (Å²) in [5.74, 6) is 0. The van der Waals surface area contributed by atoms with Crippen LogP contribution in [0.5, 0.6) is 0 Å². The van der Waals surface area contributed by atoms with Crippen molar-refractivity contribution >= 4 is 33.4 Å². The van der Waals surface area contributed by atoms with Gasteiger partial charge in [0, 0.05) is 0 Å². The largest absolute Gasteiger partial charge is 0.0622 e. The van der Waals surface area contributed by atoms with Crippen molar-refractivity contribution in [2.24, 2.45) is 0 Å². The van der Waals surface area contributed by atoms with Gasteiger partial charge in [0.2, 0.25) is 0 Å². The summed E-state index contributed by atoms with van der Waals surface area (Å²) in [4.78, 5) is 0. The van der Waals surface area contributed by atoms with Crippen LogP contribution in [0.1, 0.15) is 0 Å². The first kappa shape index (κ1) is 21.1. The Balaban J connectivity index is 0.000000521. The Labute approximate surface area is 162 Å². The van der Waals surface area contributed by atoms with Crippen molar-refractivity contribution < 1.29 is 18.2 Å². The standard InChI is InChI=1S/C18H15P.C3H5.ClH.Pd/c1-4-10-16(11-5-1)19(17-12-6-2-7-13-17)18-14-8-3-9-15-18;1-3-2;;/h1-15H;3H,1-2H2;1H;/q;;;+2/p-1. The van der Waals surface area contributed by atoms with Gasteiger partial charge in [-0.25, -0.2) is 0 Å². The van der Waals surface area contributed by atoms with E-state index in [1.807, 2.05) is 0 Å². The van der Waals surface area contributed by atoms with E-state index >= 15 is 0 Å². The Kier molecular flexibility index (Phi) is 11.7. The molecule has 0 saturated heterocycles. The van der Waals surface area contributed by atoms with Crippen molar-refractivity contribution in [1.29, 1.82) is 0 Å². The zero-order valence-electron chi connectivity index (χ0n) is 13.3. The SMILES string of the molecule is [CH2][CH][CH2].[Cl][Pd+].c1ccc(P(c2ccccc2)c2ccccc2)cc1. The fraction of sp³-hybridized carbons (Fsp3) is 0. The first-order chi connectivity index (χ1) is 11.9. The normalized spacial score (nSPS) is 9.42. The number of hydrogen-bond acceptors (Lipinski definition) is 0. The molecular weight excluding hydrogens is 425 g/mol. The van der Waals surface area contributed by atoms with Crippen LogP contribution in [0, 0.1) is 20.3 Å². The fourth-order valence-electron chi connectivity index (χ4n) is 2.18. The summed E-state index contributed by atoms with van der Waals surface area (Å²) >= 11 is 2.22. The van der Waals surface area contributed by atoms with Crippen molar-refractivity contribution in [2.75, 3.05) is 0 Å². The molecule has 0 atom stereocenters. The Morgan fingerprint density at radius 1 is 0.583 bits per heavy atom. The number of halogens is 1. The molecule has 3 aromatic rings. The maximum absolute atomic E-state index is 4.49. The number of hydrogen-bond donors (Lipinski definition) is 0. The van der Waals surface area contributed by atoms with Gasteiger partial charge >= 0.3 is 27.7 Å². The number of rotatable bonds is 3. The molecule has 0 N–H and O–H groups in total. The molecule has 0 spiro atoms. The maximum atomic E-state index is 4.49. The van der Waals surface area contributed by atoms with Crippen LogP contribution in [0.3, 0.4) is 0 Å². The molecule has 0 amide bonds. The van der Waals surface area contributed by atoms with E-state index in [1.54, 1.807) is 0 Å². The Morgan fingerprint density at radius 2 is 0.792 bits per heavy atom. The molecule has 24 heavy (non-hydrogen) atoms. The minimum Gasteiger partial charge on any atom is -0.0622 e. The molecule has 0 aliphatic carbocycles. The minimum atomic E-state index is -0.446. The molecule has 0 heterocycles. The second-order valence-electron chi connectivity index (χ2n) is 4.63. The van der Waals surface area contributed by atoms with Crippen LogP contribution in [0.2, 0.25) is 0 Å². The van der Waals surface area contributed by atoms with Gasteiger partial charge in [0.25, 0.3) is 0 Å². The first-order valence-electron chi connectivity index (χ1n) is 7.34. The van der Waals surface area contributed by atoms with Gasteiger partial charge in [-0.05, 0) is 44.1 Å². The molecule has 3 aromatic carbocycles. The Hall–Kier alpha value is -0.958. The van der Waals surface area contributed by atoms with Crippen LogP contribution in [0.15, 0.2) is 91.0 Å². The molecule has 0 bridgehead atoms. The molecule has 125 valence electrons. The first-order valence-corrected chi connectivity index (χ1v) is 10.7. The second kappa shape index (κ2) is 13.3. The van der Waals surface area contributed by atoms with E-state index in [1.165, 1.54) is 22.3 Å². The summed E-state index contributed by atoms with van der Waals surface area (Å²) in [6.07, 6.45) is 1.50. The van der Waals surface area contributed by atoms with Crippen LogP contribution in [-0.4, -0.2) is 0 Å². The zero-order valence-corrected chi connectivity index (χ0v) is 16.5. The van der Waals surface area contributed by atoms with E-state index in [4.69, 9.17) is 0 Å². The Morgan fingerprint density at radius 3 is 1.00 bits per heavy atom. The van der Waals surface area contributed by atoms with Gasteiger partial charge in [0.05, 0.1) is 0 Å². The van der Waals surface area contributed by atoms with Gasteiger partial charge in [-0.2, -0.15) is 0 Å². The molecule has 0 saturated carbocycles. The summed E-state index contributed by atoms with van der Waals surface area (Å²) < 4.78 is 0. The van der Waals surface area contributed by atoms with Crippen LogP contribution >= 0.6 is 17.5 Å². The maximum Gasteiger partial charge on any atom is -0.0134 e. The second-order valence-corrected chi connectivity index (χ2v) is 6.85. The van der Waals surface area contributed by atoms with Crippen molar-refractivity contribution in [3.8, 4) is 0 Å². The van der Waals surface area contributed by atoms with Crippen molar-refractivity contribution in [3.05, 3.63) is 111 Å².